The van der Waals surface area contributed by atoms with E-state index >= 15 is 0 Å². The van der Waals surface area contributed by atoms with Gasteiger partial charge in [0, 0.05) is 42.5 Å². The third-order valence-corrected chi connectivity index (χ3v) is 8.70. The number of aryl methyl sites for hydroxylation is 1. The first-order chi connectivity index (χ1) is 24.3. The zero-order valence-corrected chi connectivity index (χ0v) is 27.8. The van der Waals surface area contributed by atoms with Crippen molar-refractivity contribution in [2.24, 2.45) is 0 Å². The molecule has 262 valence electrons. The lowest BCUT2D eigenvalue weighted by Gasteiger charge is -2.28. The van der Waals surface area contributed by atoms with Crippen LogP contribution in [0, 0.1) is 6.92 Å². The Morgan fingerprint density at radius 1 is 0.961 bits per heavy atom. The predicted octanol–water partition coefficient (Wildman–Crippen LogP) is 7.45. The summed E-state index contributed by atoms with van der Waals surface area (Å²) in [6, 6.07) is 22.4. The summed E-state index contributed by atoms with van der Waals surface area (Å²) in [7, 11) is 1.63. The number of carbonyl (C=O) groups is 3. The monoisotopic (exact) mass is 698 g/mol. The van der Waals surface area contributed by atoms with Crippen molar-refractivity contribution in [1.29, 1.82) is 0 Å². The number of alkyl halides is 3. The van der Waals surface area contributed by atoms with E-state index in [1.165, 1.54) is 29.2 Å². The second kappa shape index (κ2) is 14.0. The number of rotatable bonds is 4. The molecule has 2 aliphatic heterocycles. The highest BCUT2D eigenvalue weighted by Crippen LogP contribution is 2.33. The standard InChI is InChI=1S/C38H33F3N4O6/c1-21-16-25-7-12-30(21)22(2)20-50-37(49)44-27-9-13-31(23-5-10-29(11-6-23)51-36(48)38(39,40)41)26(17-27)19-45(3)35(47)33(25)43-28-8-4-24-14-15-42-34(46)32(24)18-28/h4-18,22,33,43H,19-20H2,1-3H3,(H,42,46)(H,44,49)/t22-,33+/m0/s1. The SMILES string of the molecule is Cc1cc2ccc1[C@@H](C)COC(=O)Nc1ccc(-c3ccc(OC(=O)C(F)(F)F)cc3)c(c1)CN(C)C(=O)[C@@H]2Nc1ccc2cc[nH]c(=O)c2c1. The molecule has 0 aliphatic carbocycles. The van der Waals surface area contributed by atoms with Crippen molar-refractivity contribution < 1.29 is 37.0 Å². The number of halogens is 3. The second-order valence-electron chi connectivity index (χ2n) is 12.4. The summed E-state index contributed by atoms with van der Waals surface area (Å²) in [6.45, 7) is 4.00. The van der Waals surface area contributed by atoms with Crippen molar-refractivity contribution in [3.05, 3.63) is 124 Å². The summed E-state index contributed by atoms with van der Waals surface area (Å²) in [5.41, 5.74) is 4.95. The van der Waals surface area contributed by atoms with E-state index in [1.807, 2.05) is 32.0 Å². The molecular weight excluding hydrogens is 665 g/mol. The molecule has 2 amide bonds. The zero-order chi connectivity index (χ0) is 36.4. The van der Waals surface area contributed by atoms with E-state index in [0.717, 1.165) is 16.5 Å². The Balaban J connectivity index is 1.39. The van der Waals surface area contributed by atoms with Gasteiger partial charge in [0.2, 0.25) is 5.91 Å². The lowest BCUT2D eigenvalue weighted by Crippen LogP contribution is -2.35. The molecule has 0 radical (unpaired) electrons. The molecule has 2 aliphatic rings. The molecular formula is C38H33F3N4O6. The minimum atomic E-state index is -5.15. The number of pyridine rings is 1. The van der Waals surface area contributed by atoms with Gasteiger partial charge in [-0.25, -0.2) is 9.59 Å². The van der Waals surface area contributed by atoms with Gasteiger partial charge in [-0.1, -0.05) is 49.4 Å². The fourth-order valence-electron chi connectivity index (χ4n) is 6.11. The van der Waals surface area contributed by atoms with Crippen LogP contribution in [-0.4, -0.2) is 47.7 Å². The summed E-state index contributed by atoms with van der Waals surface area (Å²) >= 11 is 0. The smallest absolute Gasteiger partial charge is 0.449 e. The molecule has 1 aromatic heterocycles. The number of nitrogens with one attached hydrogen (secondary N) is 3. The van der Waals surface area contributed by atoms with E-state index in [4.69, 9.17) is 4.74 Å². The predicted molar refractivity (Wildman–Crippen MR) is 186 cm³/mol. The highest BCUT2D eigenvalue weighted by atomic mass is 19.4. The molecule has 13 heteroatoms. The number of nitrogens with zero attached hydrogens (tertiary/aromatic N) is 1. The van der Waals surface area contributed by atoms with Crippen molar-refractivity contribution in [3.63, 3.8) is 0 Å². The van der Waals surface area contributed by atoms with E-state index in [0.29, 0.717) is 39.0 Å². The minimum Gasteiger partial charge on any atom is -0.449 e. The number of benzene rings is 4. The van der Waals surface area contributed by atoms with Crippen molar-refractivity contribution in [2.75, 3.05) is 24.3 Å². The summed E-state index contributed by atoms with van der Waals surface area (Å²) < 4.78 is 48.2. The Bertz CT molecular complexity index is 2200. The van der Waals surface area contributed by atoms with Crippen molar-refractivity contribution in [3.8, 4) is 16.9 Å². The number of likely N-dealkylation sites (N-methyl/N-ethyl adjacent to an activating group) is 1. The van der Waals surface area contributed by atoms with Crippen LogP contribution in [0.15, 0.2) is 95.9 Å². The number of aromatic amines is 1. The van der Waals surface area contributed by atoms with Crippen LogP contribution in [-0.2, 0) is 20.9 Å². The van der Waals surface area contributed by atoms with Crippen molar-refractivity contribution in [1.82, 2.24) is 9.88 Å². The molecule has 4 bridgehead atoms. The zero-order valence-electron chi connectivity index (χ0n) is 27.8. The maximum atomic E-state index is 14.4. The Morgan fingerprint density at radius 2 is 1.73 bits per heavy atom. The number of amides is 2. The van der Waals surface area contributed by atoms with Gasteiger partial charge in [0.25, 0.3) is 5.56 Å². The average Bonchev–Trinajstić information content (AvgIpc) is 3.09. The molecule has 0 fully saturated rings. The van der Waals surface area contributed by atoms with Crippen molar-refractivity contribution in [2.45, 2.75) is 38.5 Å². The van der Waals surface area contributed by atoms with Gasteiger partial charge in [-0.15, -0.1) is 0 Å². The number of hydrogen-bond donors (Lipinski definition) is 3. The highest BCUT2D eigenvalue weighted by molar-refractivity contribution is 5.90. The summed E-state index contributed by atoms with van der Waals surface area (Å²) in [6.07, 6.45) is -4.25. The highest BCUT2D eigenvalue weighted by Gasteiger charge is 2.41. The van der Waals surface area contributed by atoms with E-state index in [2.05, 4.69) is 20.4 Å². The molecule has 2 atom stereocenters. The molecule has 7 rings (SSSR count). The number of H-pyrrole nitrogens is 1. The summed E-state index contributed by atoms with van der Waals surface area (Å²) in [4.78, 5) is 55.3. The second-order valence-corrected chi connectivity index (χ2v) is 12.4. The van der Waals surface area contributed by atoms with Crippen LogP contribution in [0.25, 0.3) is 21.9 Å². The van der Waals surface area contributed by atoms with Crippen LogP contribution in [0.4, 0.5) is 29.3 Å². The molecule has 5 aromatic rings. The quantitative estimate of drug-likeness (QED) is 0.131. The Hall–Kier alpha value is -6.11. The molecule has 3 N–H and O–H groups in total. The van der Waals surface area contributed by atoms with Gasteiger partial charge < -0.3 is 24.7 Å². The van der Waals surface area contributed by atoms with Gasteiger partial charge in [-0.2, -0.15) is 13.2 Å². The van der Waals surface area contributed by atoms with Crippen LogP contribution >= 0.6 is 0 Å². The first-order valence-electron chi connectivity index (χ1n) is 16.0. The molecule has 51 heavy (non-hydrogen) atoms. The van der Waals surface area contributed by atoms with Gasteiger partial charge in [-0.3, -0.25) is 14.9 Å². The first kappa shape index (κ1) is 34.7. The van der Waals surface area contributed by atoms with Gasteiger partial charge in [0.05, 0.1) is 6.61 Å². The first-order valence-corrected chi connectivity index (χ1v) is 16.0. The van der Waals surface area contributed by atoms with Crippen LogP contribution in [0.1, 0.15) is 41.1 Å². The summed E-state index contributed by atoms with van der Waals surface area (Å²) in [5.74, 6) is -3.10. The normalized spacial score (nSPS) is 16.8. The Labute approximate surface area is 290 Å². The largest absolute Gasteiger partial charge is 0.491 e. The number of anilines is 2. The van der Waals surface area contributed by atoms with E-state index in [1.54, 1.807) is 55.7 Å². The average molecular weight is 699 g/mol. The Morgan fingerprint density at radius 3 is 2.45 bits per heavy atom. The van der Waals surface area contributed by atoms with Crippen LogP contribution < -0.4 is 20.9 Å². The van der Waals surface area contributed by atoms with Gasteiger partial charge >= 0.3 is 18.2 Å². The molecule has 0 saturated carbocycles. The maximum absolute atomic E-state index is 14.4. The third-order valence-electron chi connectivity index (χ3n) is 8.70. The molecule has 0 unspecified atom stereocenters. The lowest BCUT2D eigenvalue weighted by atomic mass is 9.92. The van der Waals surface area contributed by atoms with Crippen LogP contribution in [0.5, 0.6) is 5.75 Å². The molecule has 10 nitrogen and oxygen atoms in total. The minimum absolute atomic E-state index is 0.0488. The molecule has 3 heterocycles. The number of aromatic nitrogens is 1. The molecule has 0 spiro atoms. The fraction of sp³-hybridized carbons (Fsp3) is 0.211. The maximum Gasteiger partial charge on any atom is 0.491 e. The number of carbonyl (C=O) groups excluding carboxylic acids is 3. The molecule has 4 aromatic carbocycles. The number of fused-ring (bicyclic) bond motifs is 10. The van der Waals surface area contributed by atoms with Crippen LogP contribution in [0.2, 0.25) is 0 Å². The van der Waals surface area contributed by atoms with Gasteiger partial charge in [-0.05, 0) is 88.2 Å². The number of hydrogen-bond acceptors (Lipinski definition) is 7. The number of ether oxygens (including phenoxy) is 2. The van der Waals surface area contributed by atoms with E-state index < -0.39 is 24.3 Å². The molecule has 0 saturated heterocycles. The summed E-state index contributed by atoms with van der Waals surface area (Å²) in [5, 5.41) is 7.28. The van der Waals surface area contributed by atoms with Gasteiger partial charge in [0.15, 0.2) is 0 Å². The Kier molecular flexibility index (Phi) is 9.55. The number of esters is 1. The fourth-order valence-corrected chi connectivity index (χ4v) is 6.11. The van der Waals surface area contributed by atoms with E-state index in [-0.39, 0.29) is 36.3 Å². The van der Waals surface area contributed by atoms with Crippen LogP contribution in [0.3, 0.4) is 0 Å². The topological polar surface area (TPSA) is 130 Å². The van der Waals surface area contributed by atoms with E-state index in [9.17, 15) is 32.3 Å². The van der Waals surface area contributed by atoms with Gasteiger partial charge in [0.1, 0.15) is 11.8 Å². The third kappa shape index (κ3) is 7.72. The lowest BCUT2D eigenvalue weighted by molar-refractivity contribution is -0.189. The van der Waals surface area contributed by atoms with Crippen molar-refractivity contribution >= 4 is 40.1 Å².